The number of anilines is 1. The molecule has 0 spiro atoms. The quantitative estimate of drug-likeness (QED) is 0.523. The predicted octanol–water partition coefficient (Wildman–Crippen LogP) is 4.00. The molecule has 0 saturated carbocycles. The van der Waals surface area contributed by atoms with Crippen LogP contribution < -0.4 is 5.32 Å². The average Bonchev–Trinajstić information content (AvgIpc) is 3.16. The van der Waals surface area contributed by atoms with Crippen LogP contribution in [-0.4, -0.2) is 25.7 Å². The summed E-state index contributed by atoms with van der Waals surface area (Å²) in [6.45, 7) is 3.84. The Morgan fingerprint density at radius 1 is 1.26 bits per heavy atom. The van der Waals surface area contributed by atoms with Crippen LogP contribution in [0.3, 0.4) is 0 Å². The van der Waals surface area contributed by atoms with Crippen LogP contribution in [0.1, 0.15) is 11.5 Å². The molecule has 4 rings (SSSR count). The van der Waals surface area contributed by atoms with Crippen molar-refractivity contribution < 1.29 is 9.21 Å². The molecule has 0 fully saturated rings. The number of nitrogens with zero attached hydrogens (tertiary/aromatic N) is 3. The van der Waals surface area contributed by atoms with Gasteiger partial charge in [0.2, 0.25) is 5.91 Å². The maximum atomic E-state index is 12.6. The Labute approximate surface area is 160 Å². The fraction of sp³-hybridized carbons (Fsp3) is 0.158. The number of H-pyrrole nitrogens is 1. The lowest BCUT2D eigenvalue weighted by atomic mass is 10.1. The topological polar surface area (TPSA) is 88.7 Å². The van der Waals surface area contributed by atoms with E-state index in [1.807, 2.05) is 31.2 Å². The maximum Gasteiger partial charge on any atom is 0.244 e. The molecule has 4 aromatic rings. The van der Waals surface area contributed by atoms with Crippen molar-refractivity contribution >= 4 is 34.9 Å². The zero-order chi connectivity index (χ0) is 19.0. The molecule has 0 aliphatic carbocycles. The van der Waals surface area contributed by atoms with Crippen LogP contribution in [0, 0.1) is 18.6 Å². The van der Waals surface area contributed by atoms with Crippen LogP contribution in [0.15, 0.2) is 46.9 Å². The minimum atomic E-state index is -0.207. The minimum absolute atomic E-state index is 0.0501. The van der Waals surface area contributed by atoms with E-state index >= 15 is 0 Å². The first-order chi connectivity index (χ1) is 13.0. The second kappa shape index (κ2) is 6.81. The summed E-state index contributed by atoms with van der Waals surface area (Å²) in [4.78, 5) is 16.8. The first kappa shape index (κ1) is 17.2. The molecule has 0 aliphatic rings. The van der Waals surface area contributed by atoms with Crippen molar-refractivity contribution in [3.05, 3.63) is 58.7 Å². The highest BCUT2D eigenvalue weighted by Gasteiger charge is 2.13. The Hall–Kier alpha value is -3.26. The second-order valence-electron chi connectivity index (χ2n) is 6.27. The fourth-order valence-electron chi connectivity index (χ4n) is 2.93. The lowest BCUT2D eigenvalue weighted by molar-refractivity contribution is -0.116. The molecule has 2 heterocycles. The summed E-state index contributed by atoms with van der Waals surface area (Å²) in [5.74, 6) is 1.00. The molecule has 7 nitrogen and oxygen atoms in total. The average molecular weight is 379 g/mol. The maximum absolute atomic E-state index is 12.6. The lowest BCUT2D eigenvalue weighted by Gasteiger charge is -2.08. The molecule has 0 unspecified atom stereocenters. The molecule has 0 aliphatic heterocycles. The second-order valence-corrected chi connectivity index (χ2v) is 6.66. The molecule has 2 N–H and O–H groups in total. The molecule has 2 aromatic carbocycles. The van der Waals surface area contributed by atoms with E-state index < -0.39 is 0 Å². The van der Waals surface area contributed by atoms with Crippen LogP contribution in [0.5, 0.6) is 0 Å². The lowest BCUT2D eigenvalue weighted by Crippen LogP contribution is -2.19. The summed E-state index contributed by atoms with van der Waals surface area (Å²) < 4.78 is 7.52. The van der Waals surface area contributed by atoms with Gasteiger partial charge in [-0.05, 0) is 43.4 Å². The number of hydrogen-bond donors (Lipinski definition) is 2. The summed E-state index contributed by atoms with van der Waals surface area (Å²) in [7, 11) is 0. The Kier molecular flexibility index (Phi) is 4.33. The molecular formula is C19H17N5O2S. The van der Waals surface area contributed by atoms with Gasteiger partial charge in [-0.1, -0.05) is 23.8 Å². The van der Waals surface area contributed by atoms with Crippen molar-refractivity contribution in [2.24, 2.45) is 0 Å². The third kappa shape index (κ3) is 3.52. The van der Waals surface area contributed by atoms with E-state index in [0.29, 0.717) is 33.3 Å². The number of hydrogen-bond acceptors (Lipinski definition) is 5. The third-order valence-corrected chi connectivity index (χ3v) is 4.43. The van der Waals surface area contributed by atoms with Crippen molar-refractivity contribution in [1.29, 1.82) is 0 Å². The van der Waals surface area contributed by atoms with E-state index in [1.54, 1.807) is 29.7 Å². The van der Waals surface area contributed by atoms with Crippen LogP contribution in [0.25, 0.3) is 22.5 Å². The van der Waals surface area contributed by atoms with Crippen molar-refractivity contribution in [1.82, 2.24) is 19.7 Å². The molecule has 8 heteroatoms. The van der Waals surface area contributed by atoms with Gasteiger partial charge < -0.3 is 9.73 Å². The Morgan fingerprint density at radius 2 is 2.11 bits per heavy atom. The number of carbonyl (C=O) groups is 1. The number of benzene rings is 2. The highest BCUT2D eigenvalue weighted by Crippen LogP contribution is 2.21. The van der Waals surface area contributed by atoms with Gasteiger partial charge in [0.15, 0.2) is 22.1 Å². The molecule has 27 heavy (non-hydrogen) atoms. The summed E-state index contributed by atoms with van der Waals surface area (Å²) >= 11 is 5.30. The first-order valence-electron chi connectivity index (χ1n) is 8.39. The zero-order valence-corrected chi connectivity index (χ0v) is 15.6. The van der Waals surface area contributed by atoms with Crippen LogP contribution in [-0.2, 0) is 11.3 Å². The number of fused-ring (bicyclic) bond motifs is 1. The zero-order valence-electron chi connectivity index (χ0n) is 14.8. The number of aryl methyl sites for hydroxylation is 2. The van der Waals surface area contributed by atoms with E-state index in [0.717, 1.165) is 11.1 Å². The van der Waals surface area contributed by atoms with Gasteiger partial charge >= 0.3 is 0 Å². The monoisotopic (exact) mass is 379 g/mol. The predicted molar refractivity (Wildman–Crippen MR) is 105 cm³/mol. The van der Waals surface area contributed by atoms with Gasteiger partial charge in [-0.2, -0.15) is 5.10 Å². The summed E-state index contributed by atoms with van der Waals surface area (Å²) in [5, 5.41) is 9.91. The van der Waals surface area contributed by atoms with E-state index in [9.17, 15) is 4.79 Å². The Balaban J connectivity index is 1.57. The van der Waals surface area contributed by atoms with Crippen LogP contribution in [0.4, 0.5) is 5.69 Å². The van der Waals surface area contributed by atoms with E-state index in [1.165, 1.54) is 0 Å². The van der Waals surface area contributed by atoms with Crippen molar-refractivity contribution in [3.8, 4) is 11.4 Å². The van der Waals surface area contributed by atoms with Gasteiger partial charge in [0, 0.05) is 18.2 Å². The number of aromatic nitrogens is 4. The van der Waals surface area contributed by atoms with Gasteiger partial charge in [-0.3, -0.25) is 14.5 Å². The van der Waals surface area contributed by atoms with Crippen LogP contribution in [0.2, 0.25) is 0 Å². The highest BCUT2D eigenvalue weighted by molar-refractivity contribution is 7.71. The number of rotatable bonds is 4. The number of carbonyl (C=O) groups excluding carboxylic acids is 1. The number of nitrogens with one attached hydrogen (secondary N) is 2. The molecule has 0 atom stereocenters. The van der Waals surface area contributed by atoms with E-state index in [4.69, 9.17) is 16.6 Å². The van der Waals surface area contributed by atoms with Gasteiger partial charge in [0.05, 0.1) is 0 Å². The molecule has 136 valence electrons. The van der Waals surface area contributed by atoms with Gasteiger partial charge in [-0.15, -0.1) is 0 Å². The summed E-state index contributed by atoms with van der Waals surface area (Å²) in [5.41, 5.74) is 4.03. The normalized spacial score (nSPS) is 11.0. The summed E-state index contributed by atoms with van der Waals surface area (Å²) in [6.07, 6.45) is 0. The molecule has 0 saturated heterocycles. The van der Waals surface area contributed by atoms with Gasteiger partial charge in [-0.25, -0.2) is 4.98 Å². The Bertz CT molecular complexity index is 1200. The molecule has 0 radical (unpaired) electrons. The largest absolute Gasteiger partial charge is 0.441 e. The smallest absolute Gasteiger partial charge is 0.244 e. The number of amides is 1. The molecule has 1 amide bonds. The molecule has 2 aromatic heterocycles. The Morgan fingerprint density at radius 3 is 2.93 bits per heavy atom. The highest BCUT2D eigenvalue weighted by atomic mass is 32.1. The van der Waals surface area contributed by atoms with E-state index in [2.05, 4.69) is 20.5 Å². The summed E-state index contributed by atoms with van der Waals surface area (Å²) in [6, 6.07) is 13.2. The SMILES string of the molecule is Cc1cccc(-c2n[nH]c(=S)n2CC(=O)Nc2ccc3oc(C)nc3c2)c1. The molecule has 0 bridgehead atoms. The fourth-order valence-corrected chi connectivity index (χ4v) is 3.13. The van der Waals surface area contributed by atoms with Crippen molar-refractivity contribution in [3.63, 3.8) is 0 Å². The third-order valence-electron chi connectivity index (χ3n) is 4.11. The minimum Gasteiger partial charge on any atom is -0.441 e. The first-order valence-corrected chi connectivity index (χ1v) is 8.80. The van der Waals surface area contributed by atoms with Crippen molar-refractivity contribution in [2.45, 2.75) is 20.4 Å². The van der Waals surface area contributed by atoms with Gasteiger partial charge in [0.1, 0.15) is 12.1 Å². The number of aromatic amines is 1. The molecular weight excluding hydrogens is 362 g/mol. The van der Waals surface area contributed by atoms with E-state index in [-0.39, 0.29) is 12.5 Å². The standard InChI is InChI=1S/C19H17N5O2S/c1-11-4-3-5-13(8-11)18-22-23-19(27)24(18)10-17(25)21-14-6-7-16-15(9-14)20-12(2)26-16/h3-9H,10H2,1-2H3,(H,21,25)(H,23,27). The van der Waals surface area contributed by atoms with Crippen molar-refractivity contribution in [2.75, 3.05) is 5.32 Å². The van der Waals surface area contributed by atoms with Crippen LogP contribution >= 0.6 is 12.2 Å². The van der Waals surface area contributed by atoms with Gasteiger partial charge in [0.25, 0.3) is 0 Å². The number of oxazole rings is 1.